The SMILES string of the molecule is CCC(O)Cc1cccc(C)c1. The molecule has 0 aliphatic heterocycles. The van der Waals surface area contributed by atoms with Gasteiger partial charge in [-0.3, -0.25) is 0 Å². The topological polar surface area (TPSA) is 20.2 Å². The summed E-state index contributed by atoms with van der Waals surface area (Å²) in [6, 6.07) is 8.29. The molecule has 0 radical (unpaired) electrons. The van der Waals surface area contributed by atoms with Crippen LogP contribution in [0.25, 0.3) is 0 Å². The molecule has 0 saturated heterocycles. The third-order valence-electron chi connectivity index (χ3n) is 2.03. The van der Waals surface area contributed by atoms with E-state index in [1.54, 1.807) is 0 Å². The van der Waals surface area contributed by atoms with E-state index in [0.717, 1.165) is 12.8 Å². The van der Waals surface area contributed by atoms with Crippen molar-refractivity contribution in [1.29, 1.82) is 0 Å². The molecule has 1 N–H and O–H groups in total. The van der Waals surface area contributed by atoms with Gasteiger partial charge in [0.15, 0.2) is 0 Å². The number of aryl methyl sites for hydroxylation is 1. The van der Waals surface area contributed by atoms with Gasteiger partial charge in [-0.1, -0.05) is 36.8 Å². The van der Waals surface area contributed by atoms with Gasteiger partial charge in [0.2, 0.25) is 0 Å². The molecule has 1 heteroatoms. The number of aliphatic hydroxyl groups excluding tert-OH is 1. The van der Waals surface area contributed by atoms with Crippen molar-refractivity contribution in [3.8, 4) is 0 Å². The van der Waals surface area contributed by atoms with Crippen molar-refractivity contribution >= 4 is 0 Å². The third kappa shape index (κ3) is 2.67. The fourth-order valence-corrected chi connectivity index (χ4v) is 1.26. The van der Waals surface area contributed by atoms with Crippen LogP contribution in [0.5, 0.6) is 0 Å². The molecule has 1 unspecified atom stereocenters. The molecule has 0 aliphatic rings. The van der Waals surface area contributed by atoms with Crippen LogP contribution in [0.15, 0.2) is 24.3 Å². The van der Waals surface area contributed by atoms with Gasteiger partial charge in [0.05, 0.1) is 6.10 Å². The summed E-state index contributed by atoms with van der Waals surface area (Å²) in [6.07, 6.45) is 1.42. The van der Waals surface area contributed by atoms with Crippen LogP contribution in [0.4, 0.5) is 0 Å². The quantitative estimate of drug-likeness (QED) is 0.726. The van der Waals surface area contributed by atoms with Gasteiger partial charge >= 0.3 is 0 Å². The van der Waals surface area contributed by atoms with Gasteiger partial charge < -0.3 is 5.11 Å². The largest absolute Gasteiger partial charge is 0.393 e. The smallest absolute Gasteiger partial charge is 0.0577 e. The second-order valence-electron chi connectivity index (χ2n) is 3.26. The lowest BCUT2D eigenvalue weighted by Gasteiger charge is -2.07. The number of hydrogen-bond donors (Lipinski definition) is 1. The Morgan fingerprint density at radius 1 is 1.42 bits per heavy atom. The van der Waals surface area contributed by atoms with E-state index in [0.29, 0.717) is 0 Å². The first-order valence-electron chi connectivity index (χ1n) is 4.46. The van der Waals surface area contributed by atoms with E-state index in [4.69, 9.17) is 0 Å². The Kier molecular flexibility index (Phi) is 3.30. The van der Waals surface area contributed by atoms with Gasteiger partial charge in [-0.25, -0.2) is 0 Å². The number of rotatable bonds is 3. The normalized spacial score (nSPS) is 12.9. The number of benzene rings is 1. The van der Waals surface area contributed by atoms with Crippen LogP contribution in [0.3, 0.4) is 0 Å². The van der Waals surface area contributed by atoms with Gasteiger partial charge in [0.25, 0.3) is 0 Å². The summed E-state index contributed by atoms with van der Waals surface area (Å²) in [7, 11) is 0. The summed E-state index contributed by atoms with van der Waals surface area (Å²) >= 11 is 0. The summed E-state index contributed by atoms with van der Waals surface area (Å²) in [4.78, 5) is 0. The maximum Gasteiger partial charge on any atom is 0.0577 e. The summed E-state index contributed by atoms with van der Waals surface area (Å²) in [5.74, 6) is 0. The lowest BCUT2D eigenvalue weighted by atomic mass is 10.0. The fourth-order valence-electron chi connectivity index (χ4n) is 1.26. The highest BCUT2D eigenvalue weighted by atomic mass is 16.3. The van der Waals surface area contributed by atoms with E-state index in [2.05, 4.69) is 25.1 Å². The molecule has 0 bridgehead atoms. The number of aliphatic hydroxyl groups is 1. The Morgan fingerprint density at radius 3 is 2.75 bits per heavy atom. The zero-order chi connectivity index (χ0) is 8.97. The van der Waals surface area contributed by atoms with E-state index < -0.39 is 0 Å². The van der Waals surface area contributed by atoms with E-state index in [1.807, 2.05) is 13.0 Å². The highest BCUT2D eigenvalue weighted by Gasteiger charge is 2.01. The Labute approximate surface area is 74.1 Å². The Bertz CT molecular complexity index is 243. The third-order valence-corrected chi connectivity index (χ3v) is 2.03. The first-order chi connectivity index (χ1) is 5.72. The average molecular weight is 164 g/mol. The predicted octanol–water partition coefficient (Wildman–Crippen LogP) is 2.31. The molecular weight excluding hydrogens is 148 g/mol. The second kappa shape index (κ2) is 4.27. The van der Waals surface area contributed by atoms with Gasteiger partial charge in [-0.2, -0.15) is 0 Å². The minimum absolute atomic E-state index is 0.188. The minimum Gasteiger partial charge on any atom is -0.393 e. The lowest BCUT2D eigenvalue weighted by molar-refractivity contribution is 0.171. The molecule has 0 saturated carbocycles. The first kappa shape index (κ1) is 9.27. The highest BCUT2D eigenvalue weighted by molar-refractivity contribution is 5.22. The first-order valence-corrected chi connectivity index (χ1v) is 4.46. The van der Waals surface area contributed by atoms with Crippen molar-refractivity contribution in [2.24, 2.45) is 0 Å². The standard InChI is InChI=1S/C11H16O/c1-3-11(12)8-10-6-4-5-9(2)7-10/h4-7,11-12H,3,8H2,1-2H3. The summed E-state index contributed by atoms with van der Waals surface area (Å²) < 4.78 is 0. The molecular formula is C11H16O. The van der Waals surface area contributed by atoms with Crippen LogP contribution in [0, 0.1) is 6.92 Å². The fraction of sp³-hybridized carbons (Fsp3) is 0.455. The van der Waals surface area contributed by atoms with Crippen molar-refractivity contribution in [3.05, 3.63) is 35.4 Å². The maximum absolute atomic E-state index is 9.40. The maximum atomic E-state index is 9.40. The van der Waals surface area contributed by atoms with Crippen molar-refractivity contribution in [2.75, 3.05) is 0 Å². The van der Waals surface area contributed by atoms with E-state index in [-0.39, 0.29) is 6.10 Å². The predicted molar refractivity (Wildman–Crippen MR) is 51.2 cm³/mol. The molecule has 66 valence electrons. The average Bonchev–Trinajstić information content (AvgIpc) is 2.04. The molecule has 0 heterocycles. The molecule has 1 aromatic rings. The molecule has 0 aromatic heterocycles. The molecule has 12 heavy (non-hydrogen) atoms. The van der Waals surface area contributed by atoms with Crippen LogP contribution in [0.1, 0.15) is 24.5 Å². The van der Waals surface area contributed by atoms with Gasteiger partial charge in [-0.05, 0) is 25.3 Å². The Balaban J connectivity index is 2.63. The van der Waals surface area contributed by atoms with Crippen LogP contribution < -0.4 is 0 Å². The molecule has 0 fully saturated rings. The molecule has 0 spiro atoms. The Hall–Kier alpha value is -0.820. The lowest BCUT2D eigenvalue weighted by Crippen LogP contribution is -2.08. The molecule has 1 rings (SSSR count). The summed E-state index contributed by atoms with van der Waals surface area (Å²) in [6.45, 7) is 4.07. The molecule has 1 atom stereocenters. The van der Waals surface area contributed by atoms with E-state index >= 15 is 0 Å². The van der Waals surface area contributed by atoms with Crippen LogP contribution in [-0.2, 0) is 6.42 Å². The second-order valence-corrected chi connectivity index (χ2v) is 3.26. The van der Waals surface area contributed by atoms with Crippen LogP contribution in [0.2, 0.25) is 0 Å². The minimum atomic E-state index is -0.188. The zero-order valence-electron chi connectivity index (χ0n) is 7.75. The summed E-state index contributed by atoms with van der Waals surface area (Å²) in [5, 5.41) is 9.40. The molecule has 0 aliphatic carbocycles. The monoisotopic (exact) mass is 164 g/mol. The van der Waals surface area contributed by atoms with E-state index in [1.165, 1.54) is 11.1 Å². The van der Waals surface area contributed by atoms with Crippen molar-refractivity contribution in [1.82, 2.24) is 0 Å². The van der Waals surface area contributed by atoms with Crippen LogP contribution >= 0.6 is 0 Å². The van der Waals surface area contributed by atoms with Crippen molar-refractivity contribution < 1.29 is 5.11 Å². The van der Waals surface area contributed by atoms with Gasteiger partial charge in [0, 0.05) is 0 Å². The number of hydrogen-bond acceptors (Lipinski definition) is 1. The zero-order valence-corrected chi connectivity index (χ0v) is 7.75. The molecule has 0 amide bonds. The Morgan fingerprint density at radius 2 is 2.17 bits per heavy atom. The summed E-state index contributed by atoms with van der Waals surface area (Å²) in [5.41, 5.74) is 2.49. The molecule has 1 nitrogen and oxygen atoms in total. The van der Waals surface area contributed by atoms with Crippen LogP contribution in [-0.4, -0.2) is 11.2 Å². The van der Waals surface area contributed by atoms with Crippen molar-refractivity contribution in [3.63, 3.8) is 0 Å². The van der Waals surface area contributed by atoms with E-state index in [9.17, 15) is 5.11 Å². The highest BCUT2D eigenvalue weighted by Crippen LogP contribution is 2.07. The van der Waals surface area contributed by atoms with Gasteiger partial charge in [0.1, 0.15) is 0 Å². The van der Waals surface area contributed by atoms with Crippen molar-refractivity contribution in [2.45, 2.75) is 32.8 Å². The molecule has 1 aromatic carbocycles. The van der Waals surface area contributed by atoms with Gasteiger partial charge in [-0.15, -0.1) is 0 Å².